The van der Waals surface area contributed by atoms with Crippen molar-refractivity contribution in [3.8, 4) is 34.1 Å². The van der Waals surface area contributed by atoms with Crippen LogP contribution >= 0.6 is 23.6 Å². The number of thiophene rings is 1. The second kappa shape index (κ2) is 13.8. The zero-order chi connectivity index (χ0) is 34.9. The van der Waals surface area contributed by atoms with Crippen LogP contribution in [0.5, 0.6) is 23.0 Å². The van der Waals surface area contributed by atoms with Gasteiger partial charge in [0.15, 0.2) is 16.6 Å². The molecule has 1 saturated heterocycles. The smallest absolute Gasteiger partial charge is 0.416 e. The number of benzene rings is 3. The number of piperazine rings is 1. The van der Waals surface area contributed by atoms with Crippen LogP contribution in [0, 0.1) is 0 Å². The number of para-hydroxylation sites is 1. The fourth-order valence-electron chi connectivity index (χ4n) is 4.96. The number of hydrogen-bond donors (Lipinski definition) is 1. The molecule has 1 aliphatic rings. The highest BCUT2D eigenvalue weighted by molar-refractivity contribution is 7.91. The predicted molar refractivity (Wildman–Crippen MR) is 172 cm³/mol. The van der Waals surface area contributed by atoms with Crippen molar-refractivity contribution >= 4 is 44.4 Å². The van der Waals surface area contributed by atoms with Gasteiger partial charge in [0, 0.05) is 49.1 Å². The summed E-state index contributed by atoms with van der Waals surface area (Å²) >= 11 is 6.31. The molecular weight excluding hydrogens is 705 g/mol. The lowest BCUT2D eigenvalue weighted by molar-refractivity contribution is -0.143. The Morgan fingerprint density at radius 2 is 1.42 bits per heavy atom. The molecule has 0 aliphatic carbocycles. The number of alkyl halides is 6. The molecule has 1 aliphatic heterocycles. The number of anilines is 1. The first kappa shape index (κ1) is 35.3. The third-order valence-corrected chi connectivity index (χ3v) is 11.0. The van der Waals surface area contributed by atoms with Crippen LogP contribution in [-0.2, 0) is 22.4 Å². The number of thiocarbonyl (C=S) groups is 1. The molecule has 48 heavy (non-hydrogen) atoms. The fraction of sp³-hybridized carbons (Fsp3) is 0.258. The maximum absolute atomic E-state index is 13.9. The van der Waals surface area contributed by atoms with Gasteiger partial charge in [-0.15, -0.1) is 11.3 Å². The summed E-state index contributed by atoms with van der Waals surface area (Å²) in [7, 11) is -1.04. The van der Waals surface area contributed by atoms with Crippen LogP contribution < -0.4 is 19.5 Å². The molecule has 4 aromatic rings. The quantitative estimate of drug-likeness (QED) is 0.145. The average Bonchev–Trinajstić information content (AvgIpc) is 3.55. The van der Waals surface area contributed by atoms with Crippen molar-refractivity contribution in [3.63, 3.8) is 0 Å². The van der Waals surface area contributed by atoms with Gasteiger partial charge in [0.25, 0.3) is 10.0 Å². The van der Waals surface area contributed by atoms with Gasteiger partial charge >= 0.3 is 12.4 Å². The molecule has 8 nitrogen and oxygen atoms in total. The van der Waals surface area contributed by atoms with Gasteiger partial charge in [-0.2, -0.15) is 30.6 Å². The first-order valence-electron chi connectivity index (χ1n) is 14.0. The summed E-state index contributed by atoms with van der Waals surface area (Å²) in [6.07, 6.45) is -10.0. The second-order valence-corrected chi connectivity index (χ2v) is 13.8. The largest absolute Gasteiger partial charge is 0.493 e. The van der Waals surface area contributed by atoms with E-state index in [2.05, 4.69) is 5.32 Å². The Bertz CT molecular complexity index is 1870. The van der Waals surface area contributed by atoms with Crippen molar-refractivity contribution < 1.29 is 49.0 Å². The SMILES string of the molecule is COc1ccc(Oc2ccccc2-c2ccsc2S(=O)(=O)N2CCN(C(=S)Nc3cc(C(F)(F)F)cc(C(F)(F)F)c3)CC2)cc1OC. The number of nitrogens with one attached hydrogen (secondary N) is 1. The van der Waals surface area contributed by atoms with Gasteiger partial charge in [-0.05, 0) is 60.1 Å². The molecule has 0 radical (unpaired) electrons. The Labute approximate surface area is 281 Å². The summed E-state index contributed by atoms with van der Waals surface area (Å²) in [6, 6.07) is 14.7. The molecular formula is C31H27F6N3O5S3. The lowest BCUT2D eigenvalue weighted by Crippen LogP contribution is -2.51. The molecule has 0 unspecified atom stereocenters. The van der Waals surface area contributed by atoms with Gasteiger partial charge in [0.2, 0.25) is 0 Å². The van der Waals surface area contributed by atoms with E-state index < -0.39 is 39.2 Å². The van der Waals surface area contributed by atoms with E-state index in [1.807, 2.05) is 0 Å². The number of methoxy groups -OCH3 is 2. The molecule has 256 valence electrons. The van der Waals surface area contributed by atoms with E-state index in [1.54, 1.807) is 53.9 Å². The Kier molecular flexibility index (Phi) is 10.1. The Morgan fingerprint density at radius 3 is 2.02 bits per heavy atom. The van der Waals surface area contributed by atoms with Crippen LogP contribution in [0.3, 0.4) is 0 Å². The van der Waals surface area contributed by atoms with Gasteiger partial charge < -0.3 is 24.4 Å². The molecule has 17 heteroatoms. The molecule has 1 N–H and O–H groups in total. The van der Waals surface area contributed by atoms with E-state index in [1.165, 1.54) is 23.4 Å². The summed E-state index contributed by atoms with van der Waals surface area (Å²) in [4.78, 5) is 1.48. The standard InChI is InChI=1S/C31H27F6N3O5S3/c1-43-26-8-7-22(18-27(26)44-2)45-25-6-4-3-5-23(25)24-9-14-47-28(24)48(41,42)40-12-10-39(11-13-40)29(46)38-21-16-19(30(32,33)34)15-20(17-21)31(35,36)37/h3-9,14-18H,10-13H2,1-2H3,(H,38,46). The number of ether oxygens (including phenoxy) is 3. The second-order valence-electron chi connectivity index (χ2n) is 10.4. The highest BCUT2D eigenvalue weighted by Gasteiger charge is 2.37. The molecule has 1 aromatic heterocycles. The molecule has 0 spiro atoms. The van der Waals surface area contributed by atoms with Crippen LogP contribution in [-0.4, -0.2) is 63.1 Å². The van der Waals surface area contributed by atoms with E-state index in [4.69, 9.17) is 26.4 Å². The maximum atomic E-state index is 13.9. The van der Waals surface area contributed by atoms with E-state index in [0.29, 0.717) is 46.3 Å². The highest BCUT2D eigenvalue weighted by atomic mass is 32.2. The van der Waals surface area contributed by atoms with Crippen molar-refractivity contribution in [2.75, 3.05) is 45.7 Å². The van der Waals surface area contributed by atoms with Gasteiger partial charge in [0.1, 0.15) is 15.7 Å². The molecule has 0 bridgehead atoms. The number of nitrogens with zero attached hydrogens (tertiary/aromatic N) is 2. The zero-order valence-electron chi connectivity index (χ0n) is 25.2. The Balaban J connectivity index is 1.31. The van der Waals surface area contributed by atoms with E-state index in [-0.39, 0.29) is 41.6 Å². The lowest BCUT2D eigenvalue weighted by atomic mass is 10.1. The van der Waals surface area contributed by atoms with Crippen molar-refractivity contribution in [3.05, 3.63) is 83.2 Å². The summed E-state index contributed by atoms with van der Waals surface area (Å²) in [5.74, 6) is 1.78. The van der Waals surface area contributed by atoms with Crippen LogP contribution in [0.1, 0.15) is 11.1 Å². The number of rotatable bonds is 8. The van der Waals surface area contributed by atoms with Crippen LogP contribution in [0.15, 0.2) is 76.3 Å². The predicted octanol–water partition coefficient (Wildman–Crippen LogP) is 7.97. The summed E-state index contributed by atoms with van der Waals surface area (Å²) < 4.78 is 126. The minimum absolute atomic E-state index is 0.0252. The van der Waals surface area contributed by atoms with E-state index in [0.717, 1.165) is 11.3 Å². The lowest BCUT2D eigenvalue weighted by Gasteiger charge is -2.35. The third kappa shape index (κ3) is 7.64. The first-order valence-corrected chi connectivity index (χ1v) is 16.8. The Morgan fingerprint density at radius 1 is 0.792 bits per heavy atom. The molecule has 5 rings (SSSR count). The molecule has 0 saturated carbocycles. The first-order chi connectivity index (χ1) is 22.6. The van der Waals surface area contributed by atoms with Crippen LogP contribution in [0.4, 0.5) is 32.0 Å². The summed E-state index contributed by atoms with van der Waals surface area (Å²) in [6.45, 7) is -0.00489. The summed E-state index contributed by atoms with van der Waals surface area (Å²) in [5, 5.41) is 3.96. The van der Waals surface area contributed by atoms with Crippen molar-refractivity contribution in [2.24, 2.45) is 0 Å². The molecule has 0 atom stereocenters. The van der Waals surface area contributed by atoms with Gasteiger partial charge in [-0.1, -0.05) is 18.2 Å². The minimum atomic E-state index is -5.02. The third-order valence-electron chi connectivity index (χ3n) is 7.33. The van der Waals surface area contributed by atoms with E-state index in [9.17, 15) is 34.8 Å². The van der Waals surface area contributed by atoms with Crippen molar-refractivity contribution in [1.29, 1.82) is 0 Å². The fourth-order valence-corrected chi connectivity index (χ4v) is 8.20. The Hall–Kier alpha value is -4.06. The minimum Gasteiger partial charge on any atom is -0.493 e. The van der Waals surface area contributed by atoms with Crippen molar-refractivity contribution in [1.82, 2.24) is 9.21 Å². The highest BCUT2D eigenvalue weighted by Crippen LogP contribution is 2.42. The van der Waals surface area contributed by atoms with Crippen LogP contribution in [0.25, 0.3) is 11.1 Å². The van der Waals surface area contributed by atoms with Gasteiger partial charge in [-0.25, -0.2) is 8.42 Å². The average molecular weight is 732 g/mol. The molecule has 1 fully saturated rings. The summed E-state index contributed by atoms with van der Waals surface area (Å²) in [5.41, 5.74) is -2.52. The van der Waals surface area contributed by atoms with Gasteiger partial charge in [-0.3, -0.25) is 0 Å². The monoisotopic (exact) mass is 731 g/mol. The maximum Gasteiger partial charge on any atom is 0.416 e. The van der Waals surface area contributed by atoms with E-state index >= 15 is 0 Å². The van der Waals surface area contributed by atoms with Crippen LogP contribution in [0.2, 0.25) is 0 Å². The topological polar surface area (TPSA) is 80.3 Å². The van der Waals surface area contributed by atoms with Gasteiger partial charge in [0.05, 0.1) is 25.3 Å². The molecule has 2 heterocycles. The number of hydrogen-bond acceptors (Lipinski definition) is 7. The molecule has 3 aromatic carbocycles. The normalized spacial score (nSPS) is 14.5. The molecule has 0 amide bonds. The number of halogens is 6. The number of sulfonamides is 1. The zero-order valence-corrected chi connectivity index (χ0v) is 27.6. The van der Waals surface area contributed by atoms with Crippen molar-refractivity contribution in [2.45, 2.75) is 16.6 Å².